The molecule has 2 fully saturated rings. The molecule has 2 saturated heterocycles. The largest absolute Gasteiger partial charge is 0.381 e. The number of nitrogens with one attached hydrogen (secondary N) is 2. The van der Waals surface area contributed by atoms with Crippen molar-refractivity contribution in [1.29, 1.82) is 0 Å². The maximum atomic E-state index is 5.54. The van der Waals surface area contributed by atoms with E-state index in [9.17, 15) is 0 Å². The third-order valence-electron chi connectivity index (χ3n) is 5.59. The summed E-state index contributed by atoms with van der Waals surface area (Å²) in [4.78, 5) is 9.30. The first-order valence-electron chi connectivity index (χ1n) is 9.05. The molecule has 6 nitrogen and oxygen atoms in total. The van der Waals surface area contributed by atoms with Crippen LogP contribution in [0.4, 0.5) is 0 Å². The number of nitrogens with zero attached hydrogens (tertiary/aromatic N) is 3. The molecule has 0 bridgehead atoms. The van der Waals surface area contributed by atoms with Gasteiger partial charge < -0.3 is 20.3 Å². The average Bonchev–Trinajstić information content (AvgIpc) is 3.03. The van der Waals surface area contributed by atoms with Crippen LogP contribution in [0.15, 0.2) is 4.99 Å². The number of rotatable bonds is 6. The predicted octanol–water partition coefficient (Wildman–Crippen LogP) is 1.36. The van der Waals surface area contributed by atoms with Crippen molar-refractivity contribution in [2.75, 3.05) is 60.5 Å². The van der Waals surface area contributed by atoms with E-state index in [1.807, 2.05) is 7.05 Å². The number of aliphatic imine (C=N–C) groups is 1. The van der Waals surface area contributed by atoms with Crippen molar-refractivity contribution in [2.24, 2.45) is 4.99 Å². The summed E-state index contributed by atoms with van der Waals surface area (Å²) in [5.74, 6) is 0.917. The molecule has 2 aliphatic rings. The van der Waals surface area contributed by atoms with E-state index in [-0.39, 0.29) is 29.5 Å². The second kappa shape index (κ2) is 10.8. The Hall–Kier alpha value is -0.120. The maximum absolute atomic E-state index is 5.54. The molecule has 0 radical (unpaired) electrons. The lowest BCUT2D eigenvalue weighted by Crippen LogP contribution is -2.57. The number of guanidine groups is 1. The van der Waals surface area contributed by atoms with Crippen LogP contribution in [0.25, 0.3) is 0 Å². The zero-order valence-corrected chi connectivity index (χ0v) is 18.1. The fourth-order valence-corrected chi connectivity index (χ4v) is 3.76. The normalized spacial score (nSPS) is 24.7. The lowest BCUT2D eigenvalue weighted by Gasteiger charge is -2.43. The van der Waals surface area contributed by atoms with Crippen LogP contribution in [0, 0.1) is 0 Å². The Labute approximate surface area is 164 Å². The second-order valence-corrected chi connectivity index (χ2v) is 6.96. The van der Waals surface area contributed by atoms with Crippen LogP contribution in [-0.4, -0.2) is 87.9 Å². The maximum Gasteiger partial charge on any atom is 0.191 e. The van der Waals surface area contributed by atoms with Gasteiger partial charge in [-0.25, -0.2) is 0 Å². The SMILES string of the molecule is CCN1CCCC1CNC(=NC)NCC1(N(C)C)CCOCC1.I. The monoisotopic (exact) mass is 453 g/mol. The molecule has 7 heteroatoms. The van der Waals surface area contributed by atoms with E-state index in [0.29, 0.717) is 6.04 Å². The Morgan fingerprint density at radius 2 is 2.00 bits per heavy atom. The quantitative estimate of drug-likeness (QED) is 0.362. The van der Waals surface area contributed by atoms with Crippen LogP contribution < -0.4 is 10.6 Å². The van der Waals surface area contributed by atoms with Crippen molar-refractivity contribution >= 4 is 29.9 Å². The fraction of sp³-hybridized carbons (Fsp3) is 0.941. The molecule has 0 aromatic carbocycles. The molecule has 2 heterocycles. The van der Waals surface area contributed by atoms with Crippen LogP contribution in [0.2, 0.25) is 0 Å². The van der Waals surface area contributed by atoms with Gasteiger partial charge in [0.2, 0.25) is 0 Å². The molecule has 0 spiro atoms. The van der Waals surface area contributed by atoms with Gasteiger partial charge in [0.1, 0.15) is 0 Å². The molecular weight excluding hydrogens is 417 g/mol. The van der Waals surface area contributed by atoms with E-state index in [2.05, 4.69) is 46.4 Å². The summed E-state index contributed by atoms with van der Waals surface area (Å²) >= 11 is 0. The Balaban J connectivity index is 0.00000288. The first kappa shape index (κ1) is 21.9. The third-order valence-corrected chi connectivity index (χ3v) is 5.59. The number of likely N-dealkylation sites (N-methyl/N-ethyl adjacent to an activating group) is 2. The molecule has 0 aromatic heterocycles. The Kier molecular flexibility index (Phi) is 9.84. The fourth-order valence-electron chi connectivity index (χ4n) is 3.76. The van der Waals surface area contributed by atoms with Crippen LogP contribution in [0.3, 0.4) is 0 Å². The Bertz CT molecular complexity index is 385. The lowest BCUT2D eigenvalue weighted by atomic mass is 9.88. The molecule has 2 N–H and O–H groups in total. The van der Waals surface area contributed by atoms with Crippen molar-refractivity contribution in [3.05, 3.63) is 0 Å². The molecule has 2 rings (SSSR count). The molecule has 1 unspecified atom stereocenters. The summed E-state index contributed by atoms with van der Waals surface area (Å²) in [6, 6.07) is 0.643. The van der Waals surface area contributed by atoms with E-state index in [1.165, 1.54) is 19.4 Å². The first-order chi connectivity index (χ1) is 11.1. The van der Waals surface area contributed by atoms with Crippen LogP contribution in [-0.2, 0) is 4.74 Å². The Morgan fingerprint density at radius 3 is 2.58 bits per heavy atom. The number of hydrogen-bond donors (Lipinski definition) is 2. The van der Waals surface area contributed by atoms with E-state index < -0.39 is 0 Å². The van der Waals surface area contributed by atoms with Gasteiger partial charge in [-0.15, -0.1) is 24.0 Å². The summed E-state index contributed by atoms with van der Waals surface area (Å²) < 4.78 is 5.54. The average molecular weight is 453 g/mol. The zero-order valence-electron chi connectivity index (χ0n) is 15.8. The number of halogens is 1. The highest BCUT2D eigenvalue weighted by molar-refractivity contribution is 14.0. The second-order valence-electron chi connectivity index (χ2n) is 6.96. The standard InChI is InChI=1S/C17H35N5O.HI/c1-5-22-10-6-7-15(22)13-19-16(18-2)20-14-17(21(3)4)8-11-23-12-9-17;/h15H,5-14H2,1-4H3,(H2,18,19,20);1H. The lowest BCUT2D eigenvalue weighted by molar-refractivity contribution is -0.00501. The van der Waals surface area contributed by atoms with Crippen LogP contribution >= 0.6 is 24.0 Å². The van der Waals surface area contributed by atoms with Gasteiger partial charge in [0.05, 0.1) is 0 Å². The predicted molar refractivity (Wildman–Crippen MR) is 112 cm³/mol. The number of hydrogen-bond acceptors (Lipinski definition) is 4. The molecule has 0 aromatic rings. The molecule has 0 saturated carbocycles. The number of likely N-dealkylation sites (tertiary alicyclic amines) is 1. The van der Waals surface area contributed by atoms with E-state index >= 15 is 0 Å². The molecule has 0 aliphatic carbocycles. The minimum Gasteiger partial charge on any atom is -0.381 e. The summed E-state index contributed by atoms with van der Waals surface area (Å²) in [6.45, 7) is 8.20. The first-order valence-corrected chi connectivity index (χ1v) is 9.05. The minimum absolute atomic E-state index is 0. The zero-order chi connectivity index (χ0) is 16.7. The van der Waals surface area contributed by atoms with Gasteiger partial charge in [0, 0.05) is 44.9 Å². The van der Waals surface area contributed by atoms with Gasteiger partial charge in [-0.2, -0.15) is 0 Å². The highest BCUT2D eigenvalue weighted by Crippen LogP contribution is 2.25. The third kappa shape index (κ3) is 5.71. The molecule has 142 valence electrons. The number of ether oxygens (including phenoxy) is 1. The van der Waals surface area contributed by atoms with Gasteiger partial charge >= 0.3 is 0 Å². The summed E-state index contributed by atoms with van der Waals surface area (Å²) in [7, 11) is 6.19. The summed E-state index contributed by atoms with van der Waals surface area (Å²) in [6.07, 6.45) is 4.74. The van der Waals surface area contributed by atoms with Crippen LogP contribution in [0.5, 0.6) is 0 Å². The topological polar surface area (TPSA) is 52.1 Å². The van der Waals surface area contributed by atoms with Crippen molar-refractivity contribution in [3.8, 4) is 0 Å². The summed E-state index contributed by atoms with van der Waals surface area (Å²) in [5, 5.41) is 7.06. The highest BCUT2D eigenvalue weighted by Gasteiger charge is 2.34. The Morgan fingerprint density at radius 1 is 1.29 bits per heavy atom. The minimum atomic E-state index is 0. The van der Waals surface area contributed by atoms with Gasteiger partial charge in [0.25, 0.3) is 0 Å². The van der Waals surface area contributed by atoms with E-state index in [0.717, 1.165) is 51.6 Å². The van der Waals surface area contributed by atoms with Gasteiger partial charge in [0.15, 0.2) is 5.96 Å². The molecule has 24 heavy (non-hydrogen) atoms. The highest BCUT2D eigenvalue weighted by atomic mass is 127. The molecule has 2 aliphatic heterocycles. The van der Waals surface area contributed by atoms with Gasteiger partial charge in [-0.3, -0.25) is 9.89 Å². The van der Waals surface area contributed by atoms with Crippen molar-refractivity contribution < 1.29 is 4.74 Å². The van der Waals surface area contributed by atoms with E-state index in [4.69, 9.17) is 4.74 Å². The van der Waals surface area contributed by atoms with Crippen molar-refractivity contribution in [1.82, 2.24) is 20.4 Å². The van der Waals surface area contributed by atoms with Crippen molar-refractivity contribution in [3.63, 3.8) is 0 Å². The van der Waals surface area contributed by atoms with E-state index in [1.54, 1.807) is 0 Å². The smallest absolute Gasteiger partial charge is 0.191 e. The molecule has 0 amide bonds. The molecular formula is C17H36IN5O. The van der Waals surface area contributed by atoms with Crippen molar-refractivity contribution in [2.45, 2.75) is 44.2 Å². The van der Waals surface area contributed by atoms with Crippen LogP contribution in [0.1, 0.15) is 32.6 Å². The van der Waals surface area contributed by atoms with Gasteiger partial charge in [-0.05, 0) is 52.9 Å². The molecule has 1 atom stereocenters. The summed E-state index contributed by atoms with van der Waals surface area (Å²) in [5.41, 5.74) is 0.165. The van der Waals surface area contributed by atoms with Gasteiger partial charge in [-0.1, -0.05) is 6.92 Å².